The maximum absolute atomic E-state index is 11.7. The monoisotopic (exact) mass is 390 g/mol. The van der Waals surface area contributed by atoms with Crippen molar-refractivity contribution in [2.24, 2.45) is 0 Å². The van der Waals surface area contributed by atoms with E-state index in [-0.39, 0.29) is 5.97 Å². The maximum Gasteiger partial charge on any atom is 0.305 e. The lowest BCUT2D eigenvalue weighted by atomic mass is 10.1. The second-order valence-corrected chi connectivity index (χ2v) is 7.58. The third-order valence-corrected chi connectivity index (χ3v) is 4.76. The Morgan fingerprint density at radius 1 is 0.643 bits per heavy atom. The summed E-state index contributed by atoms with van der Waals surface area (Å²) in [5.74, 6) is -0.0234. The van der Waals surface area contributed by atoms with Crippen LogP contribution in [0.2, 0.25) is 0 Å². The van der Waals surface area contributed by atoms with Crippen molar-refractivity contribution in [1.82, 2.24) is 0 Å². The lowest BCUT2D eigenvalue weighted by Crippen LogP contribution is -2.05. The molecule has 0 amide bonds. The second-order valence-electron chi connectivity index (χ2n) is 7.58. The number of rotatable bonds is 20. The van der Waals surface area contributed by atoms with Gasteiger partial charge in [0, 0.05) is 6.42 Å². The first kappa shape index (κ1) is 26.7. The summed E-state index contributed by atoms with van der Waals surface area (Å²) in [5.41, 5.74) is 0. The zero-order chi connectivity index (χ0) is 20.5. The van der Waals surface area contributed by atoms with Gasteiger partial charge in [-0.15, -0.1) is 0 Å². The van der Waals surface area contributed by atoms with Gasteiger partial charge in [-0.2, -0.15) is 0 Å². The highest BCUT2D eigenvalue weighted by Gasteiger charge is 2.01. The fourth-order valence-corrected chi connectivity index (χ4v) is 2.97. The predicted octanol–water partition coefficient (Wildman–Crippen LogP) is 8.48. The molecule has 0 aromatic carbocycles. The van der Waals surface area contributed by atoms with Crippen molar-refractivity contribution in [3.63, 3.8) is 0 Å². The van der Waals surface area contributed by atoms with Crippen molar-refractivity contribution in [2.45, 2.75) is 117 Å². The van der Waals surface area contributed by atoms with Crippen LogP contribution in [-0.4, -0.2) is 12.6 Å². The molecule has 2 heteroatoms. The molecule has 0 spiro atoms. The van der Waals surface area contributed by atoms with Gasteiger partial charge in [-0.25, -0.2) is 0 Å². The molecule has 0 aromatic heterocycles. The first-order chi connectivity index (χ1) is 13.8. The lowest BCUT2D eigenvalue weighted by molar-refractivity contribution is -0.143. The molecular formula is C26H46O2. The van der Waals surface area contributed by atoms with Crippen molar-refractivity contribution in [2.75, 3.05) is 6.61 Å². The normalized spacial score (nSPS) is 11.9. The molecule has 0 aliphatic heterocycles. The molecule has 0 heterocycles. The highest BCUT2D eigenvalue weighted by atomic mass is 16.5. The van der Waals surface area contributed by atoms with E-state index in [0.29, 0.717) is 13.0 Å². The van der Waals surface area contributed by atoms with E-state index in [0.717, 1.165) is 38.5 Å². The van der Waals surface area contributed by atoms with Crippen molar-refractivity contribution < 1.29 is 9.53 Å². The van der Waals surface area contributed by atoms with Crippen LogP contribution in [0.15, 0.2) is 36.5 Å². The van der Waals surface area contributed by atoms with Crippen molar-refractivity contribution >= 4 is 5.97 Å². The summed E-state index contributed by atoms with van der Waals surface area (Å²) in [4.78, 5) is 11.7. The van der Waals surface area contributed by atoms with E-state index >= 15 is 0 Å². The van der Waals surface area contributed by atoms with Gasteiger partial charge in [0.15, 0.2) is 0 Å². The molecule has 0 radical (unpaired) electrons. The topological polar surface area (TPSA) is 26.3 Å². The summed E-state index contributed by atoms with van der Waals surface area (Å²) in [5, 5.41) is 0. The Hall–Kier alpha value is -1.31. The van der Waals surface area contributed by atoms with Gasteiger partial charge in [-0.05, 0) is 57.8 Å². The van der Waals surface area contributed by atoms with E-state index in [9.17, 15) is 4.79 Å². The van der Waals surface area contributed by atoms with E-state index in [2.05, 4.69) is 50.3 Å². The highest BCUT2D eigenvalue weighted by molar-refractivity contribution is 5.69. The van der Waals surface area contributed by atoms with Gasteiger partial charge in [0.05, 0.1) is 6.61 Å². The average Bonchev–Trinajstić information content (AvgIpc) is 2.70. The predicted molar refractivity (Wildman–Crippen MR) is 124 cm³/mol. The average molecular weight is 391 g/mol. The number of ether oxygens (including phenoxy) is 1. The molecule has 162 valence electrons. The third-order valence-electron chi connectivity index (χ3n) is 4.76. The summed E-state index contributed by atoms with van der Waals surface area (Å²) in [6.07, 6.45) is 31.7. The molecule has 2 nitrogen and oxygen atoms in total. The van der Waals surface area contributed by atoms with Crippen molar-refractivity contribution in [3.8, 4) is 0 Å². The summed E-state index contributed by atoms with van der Waals surface area (Å²) in [6, 6.07) is 0. The van der Waals surface area contributed by atoms with Crippen LogP contribution in [0.4, 0.5) is 0 Å². The molecule has 0 rings (SSSR count). The molecule has 0 bridgehead atoms. The second kappa shape index (κ2) is 23.7. The van der Waals surface area contributed by atoms with Gasteiger partial charge in [-0.1, -0.05) is 88.8 Å². The van der Waals surface area contributed by atoms with Crippen LogP contribution in [-0.2, 0) is 9.53 Å². The molecule has 0 aliphatic carbocycles. The van der Waals surface area contributed by atoms with Crippen LogP contribution < -0.4 is 0 Å². The standard InChI is InChI=1S/C26H46O2/c1-3-5-7-9-11-13-14-15-17-19-21-23-25-28-26(27)24-22-20-18-16-12-10-8-6-4-2/h6,8-9,11-12,16H,3-5,7,10,13-15,17-25H2,1-2H3/b8-6-,11-9-,16-12-. The largest absolute Gasteiger partial charge is 0.466 e. The molecule has 0 unspecified atom stereocenters. The number of esters is 1. The van der Waals surface area contributed by atoms with Crippen LogP contribution >= 0.6 is 0 Å². The quantitative estimate of drug-likeness (QED) is 0.118. The molecule has 0 saturated carbocycles. The van der Waals surface area contributed by atoms with E-state index in [1.54, 1.807) is 0 Å². The summed E-state index contributed by atoms with van der Waals surface area (Å²) in [6.45, 7) is 4.99. The Morgan fingerprint density at radius 2 is 1.21 bits per heavy atom. The highest BCUT2D eigenvalue weighted by Crippen LogP contribution is 2.09. The van der Waals surface area contributed by atoms with Crippen molar-refractivity contribution in [1.29, 1.82) is 0 Å². The van der Waals surface area contributed by atoms with E-state index in [1.807, 2.05) is 0 Å². The van der Waals surface area contributed by atoms with Gasteiger partial charge in [-0.3, -0.25) is 4.79 Å². The Labute approximate surface area is 175 Å². The SMILES string of the molecule is CC/C=C\C/C=C\CCCCC(=O)OCCCCCCCC/C=C\CCCC. The molecular weight excluding hydrogens is 344 g/mol. The zero-order valence-electron chi connectivity index (χ0n) is 18.8. The molecule has 0 saturated heterocycles. The van der Waals surface area contributed by atoms with Gasteiger partial charge in [0.2, 0.25) is 0 Å². The minimum Gasteiger partial charge on any atom is -0.466 e. The fourth-order valence-electron chi connectivity index (χ4n) is 2.97. The van der Waals surface area contributed by atoms with E-state index in [1.165, 1.54) is 57.8 Å². The summed E-state index contributed by atoms with van der Waals surface area (Å²) >= 11 is 0. The minimum absolute atomic E-state index is 0.0234. The number of unbranched alkanes of at least 4 members (excludes halogenated alkanes) is 10. The molecule has 0 fully saturated rings. The zero-order valence-corrected chi connectivity index (χ0v) is 18.8. The molecule has 0 atom stereocenters. The van der Waals surface area contributed by atoms with Crippen LogP contribution in [0.3, 0.4) is 0 Å². The summed E-state index contributed by atoms with van der Waals surface area (Å²) < 4.78 is 5.33. The van der Waals surface area contributed by atoms with Crippen LogP contribution in [0.1, 0.15) is 117 Å². The maximum atomic E-state index is 11.7. The van der Waals surface area contributed by atoms with Gasteiger partial charge >= 0.3 is 5.97 Å². The Morgan fingerprint density at radius 3 is 1.93 bits per heavy atom. The lowest BCUT2D eigenvalue weighted by Gasteiger charge is -2.04. The van der Waals surface area contributed by atoms with Crippen LogP contribution in [0.5, 0.6) is 0 Å². The molecule has 0 aliphatic rings. The van der Waals surface area contributed by atoms with Crippen LogP contribution in [0, 0.1) is 0 Å². The number of carbonyl (C=O) groups is 1. The number of hydrogen-bond donors (Lipinski definition) is 0. The smallest absolute Gasteiger partial charge is 0.305 e. The summed E-state index contributed by atoms with van der Waals surface area (Å²) in [7, 11) is 0. The number of carbonyl (C=O) groups excluding carboxylic acids is 1. The van der Waals surface area contributed by atoms with E-state index in [4.69, 9.17) is 4.74 Å². The van der Waals surface area contributed by atoms with Crippen LogP contribution in [0.25, 0.3) is 0 Å². The first-order valence-corrected chi connectivity index (χ1v) is 11.9. The number of hydrogen-bond acceptors (Lipinski definition) is 2. The minimum atomic E-state index is -0.0234. The molecule has 0 aromatic rings. The molecule has 28 heavy (non-hydrogen) atoms. The fraction of sp³-hybridized carbons (Fsp3) is 0.731. The Kier molecular flexibility index (Phi) is 22.6. The van der Waals surface area contributed by atoms with Crippen molar-refractivity contribution in [3.05, 3.63) is 36.5 Å². The third kappa shape index (κ3) is 22.7. The number of allylic oxidation sites excluding steroid dienone is 6. The Balaban J connectivity index is 3.26. The molecule has 0 N–H and O–H groups in total. The van der Waals surface area contributed by atoms with E-state index < -0.39 is 0 Å². The van der Waals surface area contributed by atoms with Gasteiger partial charge in [0.1, 0.15) is 0 Å². The van der Waals surface area contributed by atoms with Gasteiger partial charge < -0.3 is 4.74 Å². The first-order valence-electron chi connectivity index (χ1n) is 11.9. The Bertz CT molecular complexity index is 407. The van der Waals surface area contributed by atoms with Gasteiger partial charge in [0.25, 0.3) is 0 Å².